The fourth-order valence-corrected chi connectivity index (χ4v) is 4.16. The molecule has 1 fully saturated rings. The van der Waals surface area contributed by atoms with Crippen molar-refractivity contribution in [3.05, 3.63) is 69.7 Å². The van der Waals surface area contributed by atoms with Crippen LogP contribution in [-0.2, 0) is 17.4 Å². The van der Waals surface area contributed by atoms with Crippen LogP contribution < -0.4 is 0 Å². The lowest BCUT2D eigenvalue weighted by atomic mass is 9.91. The molecule has 0 saturated carbocycles. The van der Waals surface area contributed by atoms with Crippen LogP contribution in [0.5, 0.6) is 0 Å². The first-order valence-electron chi connectivity index (χ1n) is 12.2. The zero-order valence-electron chi connectivity index (χ0n) is 21.4. The number of nitrogens with zero attached hydrogens (tertiary/aromatic N) is 2. The molecule has 2 aromatic carbocycles. The Morgan fingerprint density at radius 2 is 1.92 bits per heavy atom. The van der Waals surface area contributed by atoms with Crippen molar-refractivity contribution in [2.45, 2.75) is 59.6 Å². The van der Waals surface area contributed by atoms with Gasteiger partial charge in [-0.05, 0) is 60.9 Å². The third-order valence-electron chi connectivity index (χ3n) is 6.30. The van der Waals surface area contributed by atoms with E-state index in [4.69, 9.17) is 22.0 Å². The van der Waals surface area contributed by atoms with Crippen LogP contribution in [0.1, 0.15) is 62.3 Å². The summed E-state index contributed by atoms with van der Waals surface area (Å²) in [6.07, 6.45) is -1.20. The molecule has 0 bridgehead atoms. The number of nitriles is 1. The summed E-state index contributed by atoms with van der Waals surface area (Å²) >= 11 is 5.71. The maximum absolute atomic E-state index is 12.2. The molecule has 1 aliphatic heterocycles. The third-order valence-corrected chi connectivity index (χ3v) is 6.61. The number of hydrogen-bond acceptors (Lipinski definition) is 3. The molecule has 2 aromatic rings. The molecule has 4 nitrogen and oxygen atoms in total. The molecule has 1 N–H and O–H groups in total. The molecule has 36 heavy (non-hydrogen) atoms. The van der Waals surface area contributed by atoms with Crippen LogP contribution in [-0.4, -0.2) is 35.6 Å². The number of amides is 1. The van der Waals surface area contributed by atoms with E-state index >= 15 is 0 Å². The lowest BCUT2D eigenvalue weighted by Crippen LogP contribution is -2.29. The lowest BCUT2D eigenvalue weighted by Gasteiger charge is -2.19. The van der Waals surface area contributed by atoms with E-state index < -0.39 is 11.7 Å². The van der Waals surface area contributed by atoms with Crippen molar-refractivity contribution in [2.24, 2.45) is 11.8 Å². The van der Waals surface area contributed by atoms with Gasteiger partial charge in [-0.3, -0.25) is 4.79 Å². The summed E-state index contributed by atoms with van der Waals surface area (Å²) in [4.78, 5) is 13.4. The smallest absolute Gasteiger partial charge is 0.396 e. The van der Waals surface area contributed by atoms with Gasteiger partial charge in [0.1, 0.15) is 6.07 Å². The van der Waals surface area contributed by atoms with Gasteiger partial charge in [-0.2, -0.15) is 18.4 Å². The maximum atomic E-state index is 12.2. The van der Waals surface area contributed by atoms with Crippen LogP contribution in [0.15, 0.2) is 42.5 Å². The van der Waals surface area contributed by atoms with Gasteiger partial charge in [-0.25, -0.2) is 0 Å². The molecule has 8 heteroatoms. The van der Waals surface area contributed by atoms with Crippen molar-refractivity contribution in [3.8, 4) is 6.07 Å². The number of likely N-dealkylation sites (tertiary alicyclic amines) is 1. The Morgan fingerprint density at radius 3 is 2.42 bits per heavy atom. The van der Waals surface area contributed by atoms with Gasteiger partial charge in [0.2, 0.25) is 5.91 Å². The molecule has 1 heterocycles. The van der Waals surface area contributed by atoms with E-state index in [9.17, 15) is 18.0 Å². The largest absolute Gasteiger partial charge is 0.416 e. The summed E-state index contributed by atoms with van der Waals surface area (Å²) in [6.45, 7) is 9.86. The molecule has 3 rings (SSSR count). The summed E-state index contributed by atoms with van der Waals surface area (Å²) in [6, 6.07) is 13.0. The second-order valence-corrected chi connectivity index (χ2v) is 9.26. The monoisotopic (exact) mass is 524 g/mol. The molecule has 0 spiro atoms. The molecule has 198 valence electrons. The zero-order chi connectivity index (χ0) is 27.3. The Bertz CT molecular complexity index is 1010. The minimum atomic E-state index is -4.22. The molecule has 2 unspecified atom stereocenters. The van der Waals surface area contributed by atoms with Crippen molar-refractivity contribution in [1.82, 2.24) is 4.90 Å². The summed E-state index contributed by atoms with van der Waals surface area (Å²) in [5.41, 5.74) is 1.44. The lowest BCUT2D eigenvalue weighted by molar-refractivity contribution is -0.138. The summed E-state index contributed by atoms with van der Waals surface area (Å²) in [5.74, 6) is 1.49. The highest BCUT2D eigenvalue weighted by molar-refractivity contribution is 6.31. The van der Waals surface area contributed by atoms with Crippen molar-refractivity contribution >= 4 is 17.5 Å². The fraction of sp³-hybridized carbons (Fsp3) is 0.500. The highest BCUT2D eigenvalue weighted by Crippen LogP contribution is 2.31. The van der Waals surface area contributed by atoms with Crippen molar-refractivity contribution in [1.29, 1.82) is 5.26 Å². The van der Waals surface area contributed by atoms with Gasteiger partial charge in [0.15, 0.2) is 0 Å². The zero-order valence-corrected chi connectivity index (χ0v) is 22.2. The number of aliphatic hydroxyl groups excluding tert-OH is 1. The van der Waals surface area contributed by atoms with Crippen LogP contribution in [0.2, 0.25) is 5.02 Å². The topological polar surface area (TPSA) is 64.3 Å². The molecule has 1 saturated heterocycles. The van der Waals surface area contributed by atoms with Crippen molar-refractivity contribution in [2.75, 3.05) is 19.7 Å². The maximum Gasteiger partial charge on any atom is 0.416 e. The SMILES string of the molecule is CCC(C)C1CCN(C(=O)CCO)C1.CCc1ccccc1C(F)(F)F.Cc1ccc(C#N)c(Cl)c1. The molecule has 0 aliphatic carbocycles. The standard InChI is InChI=1S/C11H21NO2.C9H9F3.C8H6ClN/c1-3-9(2)10-4-6-12(8-10)11(14)5-7-13;1-2-7-5-3-4-6-8(7)9(10,11)12;1-6-2-3-7(5-10)8(9)4-6/h9-10,13H,3-8H2,1-2H3;3-6H,2H2,1H3;2-4H,1H3. The van der Waals surface area contributed by atoms with Gasteiger partial charge in [-0.1, -0.05) is 63.1 Å². The van der Waals surface area contributed by atoms with Crippen molar-refractivity contribution in [3.63, 3.8) is 0 Å². The minimum Gasteiger partial charge on any atom is -0.396 e. The molecular weight excluding hydrogens is 489 g/mol. The van der Waals surface area contributed by atoms with Crippen LogP contribution >= 0.6 is 11.6 Å². The van der Waals surface area contributed by atoms with Crippen LogP contribution in [0, 0.1) is 30.1 Å². The Hall–Kier alpha value is -2.56. The molecule has 1 aliphatic rings. The summed E-state index contributed by atoms with van der Waals surface area (Å²) in [7, 11) is 0. The van der Waals surface area contributed by atoms with Gasteiger partial charge in [-0.15, -0.1) is 0 Å². The van der Waals surface area contributed by atoms with Crippen molar-refractivity contribution < 1.29 is 23.1 Å². The van der Waals surface area contributed by atoms with E-state index in [1.165, 1.54) is 18.6 Å². The predicted octanol–water partition coefficient (Wildman–Crippen LogP) is 7.05. The number of rotatable bonds is 5. The first-order valence-corrected chi connectivity index (χ1v) is 12.6. The Labute approximate surface area is 217 Å². The number of carbonyl (C=O) groups excluding carboxylic acids is 1. The van der Waals surface area contributed by atoms with Gasteiger partial charge >= 0.3 is 6.18 Å². The van der Waals surface area contributed by atoms with E-state index in [-0.39, 0.29) is 18.9 Å². The molecular formula is C28H36ClF3N2O2. The first-order chi connectivity index (χ1) is 17.0. The fourth-order valence-electron chi connectivity index (χ4n) is 3.88. The third kappa shape index (κ3) is 10.2. The van der Waals surface area contributed by atoms with Gasteiger partial charge in [0.05, 0.1) is 22.8 Å². The number of benzene rings is 2. The predicted molar refractivity (Wildman–Crippen MR) is 138 cm³/mol. The highest BCUT2D eigenvalue weighted by atomic mass is 35.5. The number of carbonyl (C=O) groups is 1. The number of aliphatic hydroxyl groups is 1. The minimum absolute atomic E-state index is 0.0245. The molecule has 0 aromatic heterocycles. The Balaban J connectivity index is 0.000000274. The van der Waals surface area contributed by atoms with Crippen LogP contribution in [0.25, 0.3) is 0 Å². The van der Waals surface area contributed by atoms with E-state index in [0.29, 0.717) is 34.4 Å². The highest BCUT2D eigenvalue weighted by Gasteiger charge is 2.32. The number of halogens is 4. The summed E-state index contributed by atoms with van der Waals surface area (Å²) in [5, 5.41) is 17.7. The Morgan fingerprint density at radius 1 is 1.25 bits per heavy atom. The number of alkyl halides is 3. The van der Waals surface area contributed by atoms with Gasteiger partial charge in [0, 0.05) is 19.5 Å². The van der Waals surface area contributed by atoms with E-state index in [1.807, 2.05) is 24.0 Å². The average molecular weight is 525 g/mol. The molecule has 2 atom stereocenters. The average Bonchev–Trinajstić information content (AvgIpc) is 3.35. The quantitative estimate of drug-likeness (QED) is 0.455. The summed E-state index contributed by atoms with van der Waals surface area (Å²) < 4.78 is 36.7. The Kier molecular flexibility index (Phi) is 13.6. The van der Waals surface area contributed by atoms with Gasteiger partial charge in [0.25, 0.3) is 0 Å². The second-order valence-electron chi connectivity index (χ2n) is 8.85. The van der Waals surface area contributed by atoms with E-state index in [0.717, 1.165) is 31.1 Å². The molecule has 0 radical (unpaired) electrons. The first kappa shape index (κ1) is 31.5. The normalized spacial score (nSPS) is 15.7. The van der Waals surface area contributed by atoms with Crippen LogP contribution in [0.4, 0.5) is 13.2 Å². The number of aryl methyl sites for hydroxylation is 2. The second kappa shape index (κ2) is 15.5. The van der Waals surface area contributed by atoms with E-state index in [2.05, 4.69) is 13.8 Å². The van der Waals surface area contributed by atoms with E-state index in [1.54, 1.807) is 25.1 Å². The molecule has 1 amide bonds. The van der Waals surface area contributed by atoms with Crippen LogP contribution in [0.3, 0.4) is 0 Å². The van der Waals surface area contributed by atoms with Gasteiger partial charge < -0.3 is 10.0 Å². The number of hydrogen-bond donors (Lipinski definition) is 1.